The smallest absolute Gasteiger partial charge is 0.409 e. The molecule has 0 aromatic carbocycles. The Kier molecular flexibility index (Phi) is 28.4. The van der Waals surface area contributed by atoms with Gasteiger partial charge in [-0.1, -0.05) is 0 Å². The number of nitrogens with one attached hydrogen (secondary N) is 1. The summed E-state index contributed by atoms with van der Waals surface area (Å²) in [6.45, 7) is -0.00262. The highest BCUT2D eigenvalue weighted by Crippen LogP contribution is 2.59. The Morgan fingerprint density at radius 2 is 0.856 bits per heavy atom. The van der Waals surface area contributed by atoms with Gasteiger partial charge in [-0.3, -0.25) is 51.2 Å². The molecule has 1 amide bonds. The molecule has 4 aromatic heterocycles. The zero-order valence-electron chi connectivity index (χ0n) is 59.9. The van der Waals surface area contributed by atoms with Crippen LogP contribution in [0.25, 0.3) is 0 Å². The van der Waals surface area contributed by atoms with E-state index in [1.165, 1.54) is 120 Å². The number of morpholine rings is 4. The van der Waals surface area contributed by atoms with E-state index in [2.05, 4.69) is 19.9 Å². The number of piperazine rings is 1. The molecule has 47 heteroatoms. The van der Waals surface area contributed by atoms with E-state index in [-0.39, 0.29) is 135 Å². The minimum absolute atomic E-state index is 0.0224. The van der Waals surface area contributed by atoms with E-state index in [0.717, 1.165) is 13.7 Å². The number of likely N-dealkylation sites (N-methyl/N-ethyl adjacent to an activating group) is 1. The molecule has 12 atom stereocenters. The predicted molar refractivity (Wildman–Crippen MR) is 375 cm³/mol. The quantitative estimate of drug-likeness (QED) is 0.0269. The molecule has 582 valence electrons. The number of hydrogen-bond donors (Lipinski definition) is 5. The van der Waals surface area contributed by atoms with Crippen molar-refractivity contribution in [2.45, 2.75) is 56.3 Å². The molecule has 0 saturated carbocycles. The molecule has 0 bridgehead atoms. The second-order valence-electron chi connectivity index (χ2n) is 25.8. The monoisotopic (exact) mass is 1550 g/mol. The van der Waals surface area contributed by atoms with Crippen LogP contribution in [0.3, 0.4) is 0 Å². The highest BCUT2D eigenvalue weighted by atomic mass is 31.2. The number of aliphatic hydroxyl groups is 1. The normalized spacial score (nSPS) is 25.4. The number of aromatic nitrogens is 8. The van der Waals surface area contributed by atoms with Crippen LogP contribution in [0, 0.1) is 6.92 Å². The standard InChI is InChI=1S/C57H97N21O22P4/c1-40-27-78(56(84)64-52(40)80)51-35-74(104(89,68(8)9)95-38-43-30-72(33-50(99-43)77-16-13-47(60)63-55(77)83)102(87,66(4)5)94-36-41-28-69(10)32-48(97-41)75-14-11-45(58)61-53(75)81)31-44(100-51)39-96-103(88,67(6)7)73-29-42(98-49(34-73)76-15-12-46(59)62-54(76)82)37-93-101(86,65(2)3)71-19-17-70(18-20-71)57(85)92-26-25-91-24-23-90-22-21-79/h11-16,27,41-44,48-51,79H,17-26,28-39H2,1-10H3,(H2,58,61,81)(H2,59,62,82)(H2,60,63,83)(H,64,80,84). The molecule has 43 nitrogen and oxygen atoms in total. The number of aryl methyl sites for hydroxylation is 1. The minimum atomic E-state index is -4.41. The van der Waals surface area contributed by atoms with Crippen LogP contribution >= 0.6 is 30.7 Å². The molecule has 8 N–H and O–H groups in total. The van der Waals surface area contributed by atoms with Crippen LogP contribution in [-0.2, 0) is 69.5 Å². The number of ether oxygens (including phenoxy) is 7. The van der Waals surface area contributed by atoms with Crippen molar-refractivity contribution < 1.29 is 79.4 Å². The number of carbonyl (C=O) groups excluding carboxylic acids is 1. The summed E-state index contributed by atoms with van der Waals surface area (Å²) in [5.41, 5.74) is 13.9. The van der Waals surface area contributed by atoms with Crippen LogP contribution in [-0.4, -0.2) is 329 Å². The molecule has 5 saturated heterocycles. The first-order valence-electron chi connectivity index (χ1n) is 33.3. The van der Waals surface area contributed by atoms with E-state index in [9.17, 15) is 28.8 Å². The maximum absolute atomic E-state index is 16.1. The summed E-state index contributed by atoms with van der Waals surface area (Å²) in [6.07, 6.45) is -3.94. The summed E-state index contributed by atoms with van der Waals surface area (Å²) in [5.74, 6) is -0.125. The van der Waals surface area contributed by atoms with Crippen LogP contribution in [0.4, 0.5) is 22.2 Å². The van der Waals surface area contributed by atoms with Gasteiger partial charge in [-0.25, -0.2) is 61.3 Å². The van der Waals surface area contributed by atoms with Crippen molar-refractivity contribution in [1.82, 2.24) is 85.4 Å². The van der Waals surface area contributed by atoms with E-state index in [1.54, 1.807) is 32.9 Å². The number of nitrogens with two attached hydrogens (primary N) is 3. The van der Waals surface area contributed by atoms with Gasteiger partial charge >= 0.3 is 59.5 Å². The average molecular weight is 1550 g/mol. The molecule has 12 unspecified atom stereocenters. The van der Waals surface area contributed by atoms with E-state index in [1.807, 2.05) is 11.9 Å². The van der Waals surface area contributed by atoms with Crippen molar-refractivity contribution >= 4 is 54.2 Å². The van der Waals surface area contributed by atoms with Gasteiger partial charge < -0.3 is 78.5 Å². The van der Waals surface area contributed by atoms with Gasteiger partial charge in [0.25, 0.3) is 5.56 Å². The second kappa shape index (κ2) is 35.9. The maximum Gasteiger partial charge on any atom is 0.409 e. The van der Waals surface area contributed by atoms with Crippen molar-refractivity contribution in [2.75, 3.05) is 225 Å². The second-order valence-corrected chi connectivity index (χ2v) is 36.3. The highest BCUT2D eigenvalue weighted by Gasteiger charge is 2.50. The van der Waals surface area contributed by atoms with Gasteiger partial charge in [-0.05, 0) is 88.6 Å². The Hall–Kier alpha value is -5.89. The van der Waals surface area contributed by atoms with Crippen molar-refractivity contribution in [3.8, 4) is 0 Å². The number of nitrogens with zero attached hydrogens (tertiary/aromatic N) is 17. The molecule has 5 aliphatic heterocycles. The summed E-state index contributed by atoms with van der Waals surface area (Å²) >= 11 is 0. The van der Waals surface area contributed by atoms with Crippen molar-refractivity contribution in [1.29, 1.82) is 0 Å². The number of hydrogen-bond acceptors (Lipinski definition) is 29. The van der Waals surface area contributed by atoms with Gasteiger partial charge in [0.2, 0.25) is 0 Å². The Morgan fingerprint density at radius 3 is 1.23 bits per heavy atom. The minimum Gasteiger partial charge on any atom is -0.447 e. The number of amides is 1. The number of aromatic amines is 1. The van der Waals surface area contributed by atoms with Crippen LogP contribution in [0.5, 0.6) is 0 Å². The van der Waals surface area contributed by atoms with Gasteiger partial charge in [-0.15, -0.1) is 0 Å². The predicted octanol–water partition coefficient (Wildman–Crippen LogP) is -1.69. The first-order valence-corrected chi connectivity index (χ1v) is 39.4. The van der Waals surface area contributed by atoms with Crippen LogP contribution in [0.2, 0.25) is 0 Å². The van der Waals surface area contributed by atoms with Gasteiger partial charge in [0.05, 0.1) is 104 Å². The molecule has 4 aromatic rings. The Balaban J connectivity index is 0.942. The molecule has 0 spiro atoms. The third-order valence-corrected chi connectivity index (χ3v) is 27.6. The first kappa shape index (κ1) is 82.2. The molecule has 9 rings (SSSR count). The Labute approximate surface area is 599 Å². The van der Waals surface area contributed by atoms with E-state index in [4.69, 9.17) is 73.6 Å². The topological polar surface area (TPSA) is 477 Å². The lowest BCUT2D eigenvalue weighted by molar-refractivity contribution is -0.135. The lowest BCUT2D eigenvalue weighted by Crippen LogP contribution is -2.52. The lowest BCUT2D eigenvalue weighted by Gasteiger charge is -2.46. The summed E-state index contributed by atoms with van der Waals surface area (Å²) in [4.78, 5) is 96.9. The van der Waals surface area contributed by atoms with Crippen LogP contribution in [0.15, 0.2) is 67.0 Å². The number of carbonyl (C=O) groups is 1. The fraction of sp³-hybridized carbons (Fsp3) is 0.702. The fourth-order valence-electron chi connectivity index (χ4n) is 12.0. The highest BCUT2D eigenvalue weighted by molar-refractivity contribution is 7.54. The van der Waals surface area contributed by atoms with Crippen LogP contribution < -0.4 is 45.5 Å². The third-order valence-electron chi connectivity index (χ3n) is 17.4. The number of nitrogen functional groups attached to an aromatic ring is 3. The Bertz CT molecular complexity index is 4090. The van der Waals surface area contributed by atoms with E-state index >= 15 is 18.3 Å². The van der Waals surface area contributed by atoms with Gasteiger partial charge in [0, 0.05) is 89.3 Å². The lowest BCUT2D eigenvalue weighted by atomic mass is 10.3. The molecule has 104 heavy (non-hydrogen) atoms. The summed E-state index contributed by atoms with van der Waals surface area (Å²) in [5, 5.41) is 8.87. The van der Waals surface area contributed by atoms with Crippen LogP contribution in [0.1, 0.15) is 30.5 Å². The molecule has 5 aliphatic rings. The largest absolute Gasteiger partial charge is 0.447 e. The van der Waals surface area contributed by atoms with Gasteiger partial charge in [0.1, 0.15) is 24.1 Å². The zero-order chi connectivity index (χ0) is 75.6. The number of rotatable bonds is 32. The number of H-pyrrole nitrogens is 1. The van der Waals surface area contributed by atoms with E-state index < -0.39 is 134 Å². The maximum atomic E-state index is 16.1. The molecular formula is C57H97N21O22P4. The molecule has 0 radical (unpaired) electrons. The molecule has 9 heterocycles. The van der Waals surface area contributed by atoms with Gasteiger partial charge in [0.15, 0.2) is 24.9 Å². The third kappa shape index (κ3) is 19.9. The molecule has 5 fully saturated rings. The van der Waals surface area contributed by atoms with Crippen molar-refractivity contribution in [3.05, 3.63) is 101 Å². The molecular weight excluding hydrogens is 1450 g/mol. The van der Waals surface area contributed by atoms with E-state index in [0.29, 0.717) is 13.1 Å². The molecule has 0 aliphatic carbocycles. The summed E-state index contributed by atoms with van der Waals surface area (Å²) < 4.78 is 147. The first-order chi connectivity index (χ1) is 49.2. The average Bonchev–Trinajstić information content (AvgIpc) is 0.775. The van der Waals surface area contributed by atoms with Crippen molar-refractivity contribution in [2.24, 2.45) is 0 Å². The fourth-order valence-corrected chi connectivity index (χ4v) is 20.0. The number of anilines is 3. The Morgan fingerprint density at radius 1 is 0.510 bits per heavy atom. The number of aliphatic hydroxyl groups excluding tert-OH is 1. The zero-order valence-corrected chi connectivity index (χ0v) is 63.4. The summed E-state index contributed by atoms with van der Waals surface area (Å²) in [7, 11) is -2.82. The van der Waals surface area contributed by atoms with Gasteiger partial charge in [-0.2, -0.15) is 15.0 Å². The van der Waals surface area contributed by atoms with Crippen molar-refractivity contribution in [3.63, 3.8) is 0 Å². The summed E-state index contributed by atoms with van der Waals surface area (Å²) in [6, 6.07) is 4.22. The SMILES string of the molecule is Cc1cn(C2CN(P(=O)(OCC3CN(P(=O)(OCC4CN(C)CC(n5ccc(N)nc5=O)O4)N(C)C)CC(n4ccc(N)nc4=O)O3)N(C)C)CC(COP(=O)(N(C)C)N3CC(COP(=O)(N(C)C)N4CCN(C(=O)OCCOCCOCCO)CC4)OC(n4ccc(N)nc4=O)C3)O2)c(=O)[nH]c1=O.